The lowest BCUT2D eigenvalue weighted by Gasteiger charge is -2.22. The van der Waals surface area contributed by atoms with Gasteiger partial charge in [0.1, 0.15) is 11.6 Å². The van der Waals surface area contributed by atoms with Crippen molar-refractivity contribution in [1.29, 1.82) is 0 Å². The van der Waals surface area contributed by atoms with Gasteiger partial charge in [-0.25, -0.2) is 0 Å². The summed E-state index contributed by atoms with van der Waals surface area (Å²) in [4.78, 5) is 12.0. The summed E-state index contributed by atoms with van der Waals surface area (Å²) in [5, 5.41) is 15.1. The van der Waals surface area contributed by atoms with Gasteiger partial charge in [0.15, 0.2) is 0 Å². The minimum absolute atomic E-state index is 0.202. The molecule has 3 rings (SSSR count). The third kappa shape index (κ3) is 5.03. The fraction of sp³-hybridized carbons (Fsp3) is 0.833. The van der Waals surface area contributed by atoms with Crippen molar-refractivity contribution in [1.82, 2.24) is 25.4 Å². The Bertz CT molecular complexity index is 521. The van der Waals surface area contributed by atoms with Gasteiger partial charge >= 0.3 is 0 Å². The molecule has 1 saturated heterocycles. The van der Waals surface area contributed by atoms with Crippen LogP contribution in [0.15, 0.2) is 0 Å². The number of nitrogens with one attached hydrogen (secondary N) is 2. The van der Waals surface area contributed by atoms with E-state index < -0.39 is 0 Å². The van der Waals surface area contributed by atoms with E-state index in [2.05, 4.69) is 25.4 Å². The van der Waals surface area contributed by atoms with E-state index in [1.807, 2.05) is 0 Å². The van der Waals surface area contributed by atoms with E-state index in [-0.39, 0.29) is 5.91 Å². The number of amides is 1. The van der Waals surface area contributed by atoms with Crippen LogP contribution in [0.1, 0.15) is 63.0 Å². The molecule has 0 unspecified atom stereocenters. The summed E-state index contributed by atoms with van der Waals surface area (Å²) in [5.74, 6) is 3.17. The van der Waals surface area contributed by atoms with Crippen molar-refractivity contribution in [2.24, 2.45) is 5.92 Å². The van der Waals surface area contributed by atoms with Crippen LogP contribution >= 0.6 is 0 Å². The summed E-state index contributed by atoms with van der Waals surface area (Å²) in [5.41, 5.74) is 0. The molecule has 0 aliphatic carbocycles. The van der Waals surface area contributed by atoms with Crippen LogP contribution in [0, 0.1) is 5.92 Å². The van der Waals surface area contributed by atoms with Crippen LogP contribution in [0.5, 0.6) is 0 Å². The van der Waals surface area contributed by atoms with E-state index >= 15 is 0 Å². The van der Waals surface area contributed by atoms with Crippen molar-refractivity contribution in [3.63, 3.8) is 0 Å². The van der Waals surface area contributed by atoms with E-state index in [9.17, 15) is 4.79 Å². The Labute approximate surface area is 144 Å². The van der Waals surface area contributed by atoms with Crippen molar-refractivity contribution in [2.75, 3.05) is 19.6 Å². The summed E-state index contributed by atoms with van der Waals surface area (Å²) in [6.45, 7) is 4.01. The SMILES string of the molecule is O=C(CCC1CCNCC1)NCCCc1nnc2n1CCCCC2. The first-order valence-electron chi connectivity index (χ1n) is 9.71. The van der Waals surface area contributed by atoms with Crippen LogP contribution in [-0.2, 0) is 24.2 Å². The number of aryl methyl sites for hydroxylation is 2. The minimum atomic E-state index is 0.202. The van der Waals surface area contributed by atoms with Crippen LogP contribution in [0.2, 0.25) is 0 Å². The van der Waals surface area contributed by atoms with E-state index in [0.717, 1.165) is 69.4 Å². The number of rotatable bonds is 7. The first-order valence-corrected chi connectivity index (χ1v) is 9.71. The molecule has 0 radical (unpaired) electrons. The van der Waals surface area contributed by atoms with E-state index in [1.165, 1.54) is 32.1 Å². The second-order valence-electron chi connectivity index (χ2n) is 7.18. The summed E-state index contributed by atoms with van der Waals surface area (Å²) in [7, 11) is 0. The average Bonchev–Trinajstić information content (AvgIpc) is 2.84. The summed E-state index contributed by atoms with van der Waals surface area (Å²) >= 11 is 0. The third-order valence-corrected chi connectivity index (χ3v) is 5.32. The van der Waals surface area contributed by atoms with Gasteiger partial charge in [-0.1, -0.05) is 6.42 Å². The molecule has 2 aliphatic rings. The highest BCUT2D eigenvalue weighted by Gasteiger charge is 2.15. The van der Waals surface area contributed by atoms with Gasteiger partial charge in [-0.05, 0) is 57.5 Å². The average molecular weight is 333 g/mol. The number of piperidine rings is 1. The molecule has 1 amide bonds. The molecule has 1 aromatic heterocycles. The Morgan fingerprint density at radius 1 is 1.21 bits per heavy atom. The molecule has 24 heavy (non-hydrogen) atoms. The highest BCUT2D eigenvalue weighted by atomic mass is 16.1. The van der Waals surface area contributed by atoms with Crippen molar-refractivity contribution in [2.45, 2.75) is 70.8 Å². The quantitative estimate of drug-likeness (QED) is 0.747. The molecule has 134 valence electrons. The smallest absolute Gasteiger partial charge is 0.220 e. The van der Waals surface area contributed by atoms with E-state index in [0.29, 0.717) is 6.42 Å². The normalized spacial score (nSPS) is 18.8. The second-order valence-corrected chi connectivity index (χ2v) is 7.18. The molecule has 3 heterocycles. The predicted octanol–water partition coefficient (Wildman–Crippen LogP) is 1.83. The zero-order valence-corrected chi connectivity index (χ0v) is 14.7. The van der Waals surface area contributed by atoms with Gasteiger partial charge in [-0.15, -0.1) is 10.2 Å². The maximum absolute atomic E-state index is 12.0. The first kappa shape index (κ1) is 17.4. The number of aromatic nitrogens is 3. The highest BCUT2D eigenvalue weighted by Crippen LogP contribution is 2.17. The van der Waals surface area contributed by atoms with Crippen LogP contribution in [0.3, 0.4) is 0 Å². The Morgan fingerprint density at radius 3 is 2.96 bits per heavy atom. The molecule has 0 atom stereocenters. The van der Waals surface area contributed by atoms with Gasteiger partial charge in [-0.2, -0.15) is 0 Å². The zero-order valence-electron chi connectivity index (χ0n) is 14.7. The Balaban J connectivity index is 1.32. The molecule has 2 N–H and O–H groups in total. The van der Waals surface area contributed by atoms with Gasteiger partial charge in [0, 0.05) is 32.4 Å². The lowest BCUT2D eigenvalue weighted by Crippen LogP contribution is -2.29. The third-order valence-electron chi connectivity index (χ3n) is 5.32. The lowest BCUT2D eigenvalue weighted by molar-refractivity contribution is -0.121. The van der Waals surface area contributed by atoms with Crippen LogP contribution < -0.4 is 10.6 Å². The lowest BCUT2D eigenvalue weighted by atomic mass is 9.93. The molecule has 0 spiro atoms. The maximum Gasteiger partial charge on any atom is 0.220 e. The molecule has 0 saturated carbocycles. The number of carbonyl (C=O) groups excluding carboxylic acids is 1. The molecule has 1 fully saturated rings. The Kier molecular flexibility index (Phi) is 6.64. The van der Waals surface area contributed by atoms with E-state index in [4.69, 9.17) is 0 Å². The van der Waals surface area contributed by atoms with Crippen LogP contribution in [-0.4, -0.2) is 40.3 Å². The highest BCUT2D eigenvalue weighted by molar-refractivity contribution is 5.75. The number of carbonyl (C=O) groups is 1. The van der Waals surface area contributed by atoms with Gasteiger partial charge in [0.2, 0.25) is 5.91 Å². The van der Waals surface area contributed by atoms with E-state index in [1.54, 1.807) is 0 Å². The summed E-state index contributed by atoms with van der Waals surface area (Å²) < 4.78 is 2.30. The Morgan fingerprint density at radius 2 is 2.08 bits per heavy atom. The van der Waals surface area contributed by atoms with Gasteiger partial charge < -0.3 is 15.2 Å². The molecule has 2 aliphatic heterocycles. The monoisotopic (exact) mass is 333 g/mol. The number of hydrogen-bond acceptors (Lipinski definition) is 4. The Hall–Kier alpha value is -1.43. The van der Waals surface area contributed by atoms with Crippen molar-refractivity contribution < 1.29 is 4.79 Å². The largest absolute Gasteiger partial charge is 0.356 e. The predicted molar refractivity (Wildman–Crippen MR) is 93.7 cm³/mol. The maximum atomic E-state index is 12.0. The molecule has 0 bridgehead atoms. The van der Waals surface area contributed by atoms with Crippen molar-refractivity contribution >= 4 is 5.91 Å². The van der Waals surface area contributed by atoms with Crippen LogP contribution in [0.4, 0.5) is 0 Å². The molecular weight excluding hydrogens is 302 g/mol. The van der Waals surface area contributed by atoms with Crippen LogP contribution in [0.25, 0.3) is 0 Å². The molecule has 6 heteroatoms. The minimum Gasteiger partial charge on any atom is -0.356 e. The zero-order chi connectivity index (χ0) is 16.6. The molecular formula is C18H31N5O. The number of fused-ring (bicyclic) bond motifs is 1. The standard InChI is InChI=1S/C18H31N5O/c24-18(8-7-15-9-12-19-13-10-15)20-11-4-6-17-22-21-16-5-2-1-3-14-23(16)17/h15,19H,1-14H2,(H,20,24). The first-order chi connectivity index (χ1) is 11.8. The number of hydrogen-bond donors (Lipinski definition) is 2. The van der Waals surface area contributed by atoms with Crippen molar-refractivity contribution in [3.05, 3.63) is 11.6 Å². The van der Waals surface area contributed by atoms with Crippen molar-refractivity contribution in [3.8, 4) is 0 Å². The van der Waals surface area contributed by atoms with Gasteiger partial charge in [0.05, 0.1) is 0 Å². The summed E-state index contributed by atoms with van der Waals surface area (Å²) in [6.07, 6.45) is 10.8. The van der Waals surface area contributed by atoms with Gasteiger partial charge in [-0.3, -0.25) is 4.79 Å². The fourth-order valence-corrected chi connectivity index (χ4v) is 3.80. The number of nitrogens with zero attached hydrogens (tertiary/aromatic N) is 3. The topological polar surface area (TPSA) is 71.8 Å². The fourth-order valence-electron chi connectivity index (χ4n) is 3.80. The van der Waals surface area contributed by atoms with Gasteiger partial charge in [0.25, 0.3) is 0 Å². The summed E-state index contributed by atoms with van der Waals surface area (Å²) in [6, 6.07) is 0. The molecule has 0 aromatic carbocycles. The molecule has 1 aromatic rings. The second kappa shape index (κ2) is 9.16. The molecule has 6 nitrogen and oxygen atoms in total.